The molecule has 0 aliphatic carbocycles. The number of benzene rings is 3. The van der Waals surface area contributed by atoms with Crippen molar-refractivity contribution >= 4 is 5.91 Å². The zero-order chi connectivity index (χ0) is 29.5. The minimum atomic E-state index is -0.478. The number of hydrogen-bond acceptors (Lipinski definition) is 6. The molecule has 1 atom stereocenters. The number of aromatic nitrogens is 1. The van der Waals surface area contributed by atoms with E-state index in [1.807, 2.05) is 69.3 Å². The minimum absolute atomic E-state index is 0.00266. The Kier molecular flexibility index (Phi) is 8.96. The van der Waals surface area contributed by atoms with E-state index < -0.39 is 5.41 Å². The van der Waals surface area contributed by atoms with Crippen LogP contribution >= 0.6 is 0 Å². The first-order valence-corrected chi connectivity index (χ1v) is 14.5. The number of phenols is 1. The first-order chi connectivity index (χ1) is 20.3. The van der Waals surface area contributed by atoms with Crippen molar-refractivity contribution in [2.75, 3.05) is 13.4 Å². The normalized spacial score (nSPS) is 13.0. The Bertz CT molecular complexity index is 1500. The molecule has 5 rings (SSSR count). The number of carbonyl (C=O) groups excluding carboxylic acids is 1. The minimum Gasteiger partial charge on any atom is -0.508 e. The van der Waals surface area contributed by atoms with E-state index in [0.717, 1.165) is 58.7 Å². The lowest BCUT2D eigenvalue weighted by Crippen LogP contribution is -2.42. The van der Waals surface area contributed by atoms with Gasteiger partial charge in [-0.05, 0) is 79.6 Å². The van der Waals surface area contributed by atoms with E-state index in [2.05, 4.69) is 29.6 Å². The maximum atomic E-state index is 12.9. The van der Waals surface area contributed by atoms with Crippen LogP contribution in [0.4, 0.5) is 0 Å². The number of ether oxygens (including phenoxy) is 3. The molecular weight excluding hydrogens is 528 g/mol. The van der Waals surface area contributed by atoms with Gasteiger partial charge in [0.2, 0.25) is 18.6 Å². The number of nitrogens with one attached hydrogen (secondary N) is 1. The number of hydrogen-bond donors (Lipinski definition) is 2. The highest BCUT2D eigenvalue weighted by Crippen LogP contribution is 2.36. The molecule has 0 saturated carbocycles. The van der Waals surface area contributed by atoms with Crippen molar-refractivity contribution in [3.8, 4) is 45.5 Å². The molecule has 1 amide bonds. The van der Waals surface area contributed by atoms with Gasteiger partial charge in [-0.1, -0.05) is 62.4 Å². The van der Waals surface area contributed by atoms with Gasteiger partial charge in [-0.15, -0.1) is 0 Å². The molecule has 218 valence electrons. The van der Waals surface area contributed by atoms with Crippen molar-refractivity contribution in [3.05, 3.63) is 90.5 Å². The number of aromatic hydroxyl groups is 1. The average molecular weight is 567 g/mol. The summed E-state index contributed by atoms with van der Waals surface area (Å²) in [6.07, 6.45) is 3.17. The highest BCUT2D eigenvalue weighted by atomic mass is 16.7. The Morgan fingerprint density at radius 1 is 0.929 bits per heavy atom. The smallest absolute Gasteiger partial charge is 0.231 e. The number of amides is 1. The van der Waals surface area contributed by atoms with Gasteiger partial charge in [0.05, 0.1) is 12.3 Å². The van der Waals surface area contributed by atoms with Gasteiger partial charge in [-0.3, -0.25) is 4.79 Å². The highest BCUT2D eigenvalue weighted by Gasteiger charge is 2.28. The van der Waals surface area contributed by atoms with E-state index in [1.165, 1.54) is 0 Å². The maximum Gasteiger partial charge on any atom is 0.231 e. The van der Waals surface area contributed by atoms with Crippen molar-refractivity contribution in [1.29, 1.82) is 0 Å². The van der Waals surface area contributed by atoms with Crippen molar-refractivity contribution in [1.82, 2.24) is 10.3 Å². The second kappa shape index (κ2) is 13.0. The van der Waals surface area contributed by atoms with Crippen LogP contribution in [0.5, 0.6) is 23.1 Å². The maximum absolute atomic E-state index is 12.9. The Morgan fingerprint density at radius 3 is 2.43 bits per heavy atom. The number of carbonyl (C=O) groups is 1. The molecule has 0 saturated heterocycles. The lowest BCUT2D eigenvalue weighted by atomic mass is 9.86. The van der Waals surface area contributed by atoms with Crippen molar-refractivity contribution in [3.63, 3.8) is 0 Å². The number of unbranched alkanes of at least 4 members (excludes halogenated alkanes) is 1. The van der Waals surface area contributed by atoms with Crippen LogP contribution < -0.4 is 19.5 Å². The summed E-state index contributed by atoms with van der Waals surface area (Å²) in [6, 6.07) is 27.1. The largest absolute Gasteiger partial charge is 0.508 e. The van der Waals surface area contributed by atoms with Gasteiger partial charge in [-0.25, -0.2) is 4.98 Å². The summed E-state index contributed by atoms with van der Waals surface area (Å²) in [5.74, 6) is 2.43. The molecular formula is C35H38N2O5. The molecule has 1 aliphatic heterocycles. The van der Waals surface area contributed by atoms with Gasteiger partial charge in [-0.2, -0.15) is 0 Å². The predicted octanol–water partition coefficient (Wildman–Crippen LogP) is 7.17. The van der Waals surface area contributed by atoms with E-state index in [4.69, 9.17) is 19.2 Å². The van der Waals surface area contributed by atoms with Gasteiger partial charge >= 0.3 is 0 Å². The van der Waals surface area contributed by atoms with Gasteiger partial charge < -0.3 is 24.6 Å². The SMILES string of the molecule is CC(Cc1ccc(O)cc1)NC(=O)C(C)(C)CCCCOc1cccc(-c2ccc(-c3ccc4c(c3)OCO4)cc2)n1. The van der Waals surface area contributed by atoms with E-state index in [9.17, 15) is 9.90 Å². The zero-order valence-corrected chi connectivity index (χ0v) is 24.4. The number of rotatable bonds is 12. The van der Waals surface area contributed by atoms with Crippen LogP contribution in [0.25, 0.3) is 22.4 Å². The Morgan fingerprint density at radius 2 is 1.64 bits per heavy atom. The molecule has 0 spiro atoms. The topological polar surface area (TPSA) is 89.9 Å². The van der Waals surface area contributed by atoms with Gasteiger partial charge in [0.25, 0.3) is 0 Å². The highest BCUT2D eigenvalue weighted by molar-refractivity contribution is 5.82. The molecule has 7 nitrogen and oxygen atoms in total. The third-order valence-electron chi connectivity index (χ3n) is 7.53. The predicted molar refractivity (Wildman–Crippen MR) is 164 cm³/mol. The Balaban J connectivity index is 1.07. The molecule has 2 N–H and O–H groups in total. The second-order valence-corrected chi connectivity index (χ2v) is 11.4. The summed E-state index contributed by atoms with van der Waals surface area (Å²) >= 11 is 0. The summed E-state index contributed by atoms with van der Waals surface area (Å²) in [6.45, 7) is 6.77. The first kappa shape index (κ1) is 29.0. The fourth-order valence-corrected chi connectivity index (χ4v) is 4.98. The van der Waals surface area contributed by atoms with Crippen LogP contribution in [0.15, 0.2) is 84.9 Å². The van der Waals surface area contributed by atoms with Crippen LogP contribution in [0.3, 0.4) is 0 Å². The molecule has 7 heteroatoms. The number of phenolic OH excluding ortho intramolecular Hbond substituents is 1. The Hall–Kier alpha value is -4.52. The van der Waals surface area contributed by atoms with Crippen LogP contribution in [0.1, 0.15) is 45.6 Å². The lowest BCUT2D eigenvalue weighted by Gasteiger charge is -2.26. The summed E-state index contributed by atoms with van der Waals surface area (Å²) in [4.78, 5) is 17.6. The van der Waals surface area contributed by atoms with E-state index in [1.54, 1.807) is 12.1 Å². The first-order valence-electron chi connectivity index (χ1n) is 14.5. The third kappa shape index (κ3) is 7.40. The lowest BCUT2D eigenvalue weighted by molar-refractivity contribution is -0.130. The molecule has 4 aromatic rings. The van der Waals surface area contributed by atoms with Gasteiger partial charge in [0, 0.05) is 23.1 Å². The molecule has 42 heavy (non-hydrogen) atoms. The van der Waals surface area contributed by atoms with Crippen molar-refractivity contribution < 1.29 is 24.1 Å². The van der Waals surface area contributed by atoms with Crippen LogP contribution in [-0.2, 0) is 11.2 Å². The summed E-state index contributed by atoms with van der Waals surface area (Å²) in [7, 11) is 0. The quantitative estimate of drug-likeness (QED) is 0.177. The van der Waals surface area contributed by atoms with Gasteiger partial charge in [0.1, 0.15) is 5.75 Å². The van der Waals surface area contributed by atoms with Gasteiger partial charge in [0.15, 0.2) is 11.5 Å². The zero-order valence-electron chi connectivity index (χ0n) is 24.4. The van der Waals surface area contributed by atoms with Crippen LogP contribution in [0.2, 0.25) is 0 Å². The summed E-state index contributed by atoms with van der Waals surface area (Å²) in [5.41, 5.74) is 4.62. The molecule has 2 heterocycles. The molecule has 3 aromatic carbocycles. The standard InChI is InChI=1S/C35H38N2O5/c1-24(21-25-9-16-29(38)17-10-25)36-34(39)35(2,3)19-4-5-20-40-33-8-6-7-30(37-33)27-13-11-26(12-14-27)28-15-18-31-32(22-28)42-23-41-31/h6-18,22,24,38H,4-5,19-21,23H2,1-3H3,(H,36,39). The van der Waals surface area contributed by atoms with E-state index in [-0.39, 0.29) is 24.5 Å². The molecule has 1 aromatic heterocycles. The molecule has 0 radical (unpaired) electrons. The molecule has 1 unspecified atom stereocenters. The van der Waals surface area contributed by atoms with Crippen LogP contribution in [0, 0.1) is 5.41 Å². The third-order valence-corrected chi connectivity index (χ3v) is 7.53. The fourth-order valence-electron chi connectivity index (χ4n) is 4.98. The number of pyridine rings is 1. The second-order valence-electron chi connectivity index (χ2n) is 11.4. The summed E-state index contributed by atoms with van der Waals surface area (Å²) < 4.78 is 16.9. The van der Waals surface area contributed by atoms with Crippen molar-refractivity contribution in [2.24, 2.45) is 5.41 Å². The van der Waals surface area contributed by atoms with Crippen molar-refractivity contribution in [2.45, 2.75) is 52.5 Å². The molecule has 0 bridgehead atoms. The van der Waals surface area contributed by atoms with E-state index >= 15 is 0 Å². The monoisotopic (exact) mass is 566 g/mol. The number of nitrogens with zero attached hydrogens (tertiary/aromatic N) is 1. The summed E-state index contributed by atoms with van der Waals surface area (Å²) in [5, 5.41) is 12.6. The molecule has 0 fully saturated rings. The van der Waals surface area contributed by atoms with E-state index in [0.29, 0.717) is 18.9 Å². The average Bonchev–Trinajstić information content (AvgIpc) is 3.46. The Labute approximate surface area is 247 Å². The molecule has 1 aliphatic rings. The fraction of sp³-hybridized carbons (Fsp3) is 0.314. The number of fused-ring (bicyclic) bond motifs is 1. The van der Waals surface area contributed by atoms with Crippen LogP contribution in [-0.4, -0.2) is 35.4 Å².